The van der Waals surface area contributed by atoms with Crippen LogP contribution in [0, 0.1) is 0 Å². The number of benzene rings is 1. The normalized spacial score (nSPS) is 14.6. The summed E-state index contributed by atoms with van der Waals surface area (Å²) < 4.78 is 10.3. The number of ether oxygens (including phenoxy) is 2. The van der Waals surface area contributed by atoms with Crippen LogP contribution in [0.3, 0.4) is 0 Å². The molecule has 0 atom stereocenters. The van der Waals surface area contributed by atoms with Crippen molar-refractivity contribution in [2.45, 2.75) is 12.8 Å². The van der Waals surface area contributed by atoms with Gasteiger partial charge in [-0.25, -0.2) is 4.79 Å². The molecule has 1 aromatic carbocycles. The fourth-order valence-corrected chi connectivity index (χ4v) is 2.11. The van der Waals surface area contributed by atoms with Crippen molar-refractivity contribution < 1.29 is 14.3 Å². The van der Waals surface area contributed by atoms with Crippen molar-refractivity contribution in [3.8, 4) is 5.75 Å². The molecule has 1 heterocycles. The number of rotatable bonds is 3. The third-order valence-corrected chi connectivity index (χ3v) is 3.25. The fraction of sp³-hybridized carbons (Fsp3) is 0.357. The third kappa shape index (κ3) is 4.15. The molecule has 2 rings (SSSR count). The zero-order valence-electron chi connectivity index (χ0n) is 11.2. The highest BCUT2D eigenvalue weighted by Crippen LogP contribution is 2.27. The highest BCUT2D eigenvalue weighted by Gasteiger charge is 2.07. The summed E-state index contributed by atoms with van der Waals surface area (Å²) in [6.07, 6.45) is 3.45. The average molecular weight is 297 g/mol. The molecule has 108 valence electrons. The van der Waals surface area contributed by atoms with Crippen LogP contribution in [0.1, 0.15) is 12.8 Å². The molecule has 0 aromatic heterocycles. The number of halogens is 1. The Morgan fingerprint density at radius 1 is 1.40 bits per heavy atom. The molecule has 0 radical (unpaired) electrons. The first-order chi connectivity index (χ1) is 9.69. The van der Waals surface area contributed by atoms with E-state index in [2.05, 4.69) is 10.6 Å². The van der Waals surface area contributed by atoms with Crippen molar-refractivity contribution in [3.05, 3.63) is 35.0 Å². The van der Waals surface area contributed by atoms with Crippen molar-refractivity contribution >= 4 is 23.3 Å². The van der Waals surface area contributed by atoms with Gasteiger partial charge in [0.1, 0.15) is 5.75 Å². The topological polar surface area (TPSA) is 59.6 Å². The first-order valence-corrected chi connectivity index (χ1v) is 6.73. The van der Waals surface area contributed by atoms with Gasteiger partial charge in [-0.05, 0) is 36.6 Å². The van der Waals surface area contributed by atoms with Gasteiger partial charge in [0.25, 0.3) is 0 Å². The predicted molar refractivity (Wildman–Crippen MR) is 78.3 cm³/mol. The summed E-state index contributed by atoms with van der Waals surface area (Å²) in [5, 5.41) is 5.87. The van der Waals surface area contributed by atoms with Gasteiger partial charge in [-0.2, -0.15) is 0 Å². The van der Waals surface area contributed by atoms with Crippen molar-refractivity contribution in [3.63, 3.8) is 0 Å². The molecule has 2 N–H and O–H groups in total. The maximum atomic E-state index is 11.7. The molecule has 0 aliphatic carbocycles. The van der Waals surface area contributed by atoms with Gasteiger partial charge in [0.15, 0.2) is 0 Å². The number of carbonyl (C=O) groups is 1. The Labute approximate surface area is 122 Å². The SMILES string of the molecule is COc1ccc(NC(=O)NC=C2CCOCC2)cc1Cl. The molecule has 6 heteroatoms. The zero-order chi connectivity index (χ0) is 14.4. The molecular formula is C14H17ClN2O3. The van der Waals surface area contributed by atoms with Crippen LogP contribution in [-0.4, -0.2) is 26.4 Å². The molecule has 0 unspecified atom stereocenters. The average Bonchev–Trinajstić information content (AvgIpc) is 2.46. The molecule has 1 aliphatic rings. The van der Waals surface area contributed by atoms with Gasteiger partial charge in [0.05, 0.1) is 25.3 Å². The summed E-state index contributed by atoms with van der Waals surface area (Å²) >= 11 is 5.99. The van der Waals surface area contributed by atoms with E-state index in [-0.39, 0.29) is 6.03 Å². The van der Waals surface area contributed by atoms with Crippen LogP contribution in [-0.2, 0) is 4.74 Å². The molecule has 1 fully saturated rings. The number of amides is 2. The van der Waals surface area contributed by atoms with E-state index in [0.29, 0.717) is 29.7 Å². The predicted octanol–water partition coefficient (Wildman–Crippen LogP) is 3.16. The van der Waals surface area contributed by atoms with E-state index in [9.17, 15) is 4.79 Å². The minimum absolute atomic E-state index is 0.301. The quantitative estimate of drug-likeness (QED) is 0.901. The Bertz CT molecular complexity index is 509. The van der Waals surface area contributed by atoms with Gasteiger partial charge in [-0.1, -0.05) is 11.6 Å². The fourth-order valence-electron chi connectivity index (χ4n) is 1.86. The number of nitrogens with one attached hydrogen (secondary N) is 2. The highest BCUT2D eigenvalue weighted by molar-refractivity contribution is 6.32. The Balaban J connectivity index is 1.89. The maximum absolute atomic E-state index is 11.7. The van der Waals surface area contributed by atoms with E-state index in [1.54, 1.807) is 31.5 Å². The first kappa shape index (κ1) is 14.7. The van der Waals surface area contributed by atoms with Crippen LogP contribution in [0.25, 0.3) is 0 Å². The minimum Gasteiger partial charge on any atom is -0.495 e. The minimum atomic E-state index is -0.301. The van der Waals surface area contributed by atoms with Crippen molar-refractivity contribution in [1.29, 1.82) is 0 Å². The van der Waals surface area contributed by atoms with E-state index >= 15 is 0 Å². The van der Waals surface area contributed by atoms with Gasteiger partial charge in [-0.15, -0.1) is 0 Å². The number of carbonyl (C=O) groups excluding carboxylic acids is 1. The molecule has 5 nitrogen and oxygen atoms in total. The van der Waals surface area contributed by atoms with Crippen LogP contribution in [0.2, 0.25) is 5.02 Å². The summed E-state index contributed by atoms with van der Waals surface area (Å²) in [4.78, 5) is 11.7. The Kier molecular flexibility index (Phi) is 5.26. The monoisotopic (exact) mass is 296 g/mol. The smallest absolute Gasteiger partial charge is 0.323 e. The maximum Gasteiger partial charge on any atom is 0.323 e. The van der Waals surface area contributed by atoms with E-state index in [4.69, 9.17) is 21.1 Å². The lowest BCUT2D eigenvalue weighted by Crippen LogP contribution is -2.25. The van der Waals surface area contributed by atoms with Crippen LogP contribution in [0.4, 0.5) is 10.5 Å². The summed E-state index contributed by atoms with van der Waals surface area (Å²) in [6.45, 7) is 1.42. The second kappa shape index (κ2) is 7.17. The zero-order valence-corrected chi connectivity index (χ0v) is 12.0. The van der Waals surface area contributed by atoms with Crippen LogP contribution < -0.4 is 15.4 Å². The summed E-state index contributed by atoms with van der Waals surface area (Å²) in [5.41, 5.74) is 1.79. The van der Waals surface area contributed by atoms with Gasteiger partial charge in [0.2, 0.25) is 0 Å². The number of methoxy groups -OCH3 is 1. The highest BCUT2D eigenvalue weighted by atomic mass is 35.5. The van der Waals surface area contributed by atoms with Crippen LogP contribution in [0.15, 0.2) is 30.0 Å². The lowest BCUT2D eigenvalue weighted by molar-refractivity contribution is 0.119. The lowest BCUT2D eigenvalue weighted by atomic mass is 10.1. The van der Waals surface area contributed by atoms with E-state index < -0.39 is 0 Å². The molecular weight excluding hydrogens is 280 g/mol. The van der Waals surface area contributed by atoms with Gasteiger partial charge in [0, 0.05) is 11.9 Å². The molecule has 1 aromatic rings. The summed E-state index contributed by atoms with van der Waals surface area (Å²) in [5.74, 6) is 0.571. The number of urea groups is 1. The van der Waals surface area contributed by atoms with E-state index in [0.717, 1.165) is 12.8 Å². The number of hydrogen-bond donors (Lipinski definition) is 2. The Morgan fingerprint density at radius 2 is 2.15 bits per heavy atom. The second-order valence-corrected chi connectivity index (χ2v) is 4.77. The van der Waals surface area contributed by atoms with Gasteiger partial charge < -0.3 is 20.1 Å². The molecule has 0 saturated carbocycles. The van der Waals surface area contributed by atoms with E-state index in [1.165, 1.54) is 5.57 Å². The summed E-state index contributed by atoms with van der Waals surface area (Å²) in [7, 11) is 1.54. The number of hydrogen-bond acceptors (Lipinski definition) is 3. The van der Waals surface area contributed by atoms with Gasteiger partial charge >= 0.3 is 6.03 Å². The molecule has 2 amide bonds. The third-order valence-electron chi connectivity index (χ3n) is 2.95. The second-order valence-electron chi connectivity index (χ2n) is 4.36. The standard InChI is InChI=1S/C14H17ClN2O3/c1-19-13-3-2-11(8-12(13)15)17-14(18)16-9-10-4-6-20-7-5-10/h2-3,8-9H,4-7H2,1H3,(H2,16,17,18). The summed E-state index contributed by atoms with van der Waals surface area (Å²) in [6, 6.07) is 4.77. The molecule has 1 aliphatic heterocycles. The van der Waals surface area contributed by atoms with E-state index in [1.807, 2.05) is 0 Å². The van der Waals surface area contributed by atoms with Crippen molar-refractivity contribution in [2.75, 3.05) is 25.6 Å². The van der Waals surface area contributed by atoms with Gasteiger partial charge in [-0.3, -0.25) is 0 Å². The molecule has 0 bridgehead atoms. The molecule has 0 spiro atoms. The van der Waals surface area contributed by atoms with Crippen molar-refractivity contribution in [1.82, 2.24) is 5.32 Å². The lowest BCUT2D eigenvalue weighted by Gasteiger charge is -2.14. The van der Waals surface area contributed by atoms with Crippen LogP contribution in [0.5, 0.6) is 5.75 Å². The number of anilines is 1. The first-order valence-electron chi connectivity index (χ1n) is 6.36. The van der Waals surface area contributed by atoms with Crippen molar-refractivity contribution in [2.24, 2.45) is 0 Å². The largest absolute Gasteiger partial charge is 0.495 e. The van der Waals surface area contributed by atoms with Crippen LogP contribution >= 0.6 is 11.6 Å². The Hall–Kier alpha value is -1.72. The molecule has 1 saturated heterocycles. The Morgan fingerprint density at radius 3 is 2.80 bits per heavy atom. The molecule has 20 heavy (non-hydrogen) atoms.